The Morgan fingerprint density at radius 1 is 1.26 bits per heavy atom. The molecule has 2 aliphatic heterocycles. The molecule has 23 heavy (non-hydrogen) atoms. The standard InChI is InChI=1S/C16H25N3O2S2/c1-23(20,21)13-7-5-12(6-8-13)14-3-2-4-15(19-14)18-11-16-17-9-10-22-16/h5-8,14-19H,2-4,9-11H2,1H3. The number of piperidine rings is 1. The topological polar surface area (TPSA) is 70.2 Å². The molecule has 7 heteroatoms. The zero-order valence-corrected chi connectivity index (χ0v) is 15.1. The van der Waals surface area contributed by atoms with E-state index in [1.54, 1.807) is 12.1 Å². The van der Waals surface area contributed by atoms with E-state index in [-0.39, 0.29) is 0 Å². The van der Waals surface area contributed by atoms with Crippen LogP contribution in [0.1, 0.15) is 30.9 Å². The maximum atomic E-state index is 11.6. The predicted molar refractivity (Wildman–Crippen MR) is 95.3 cm³/mol. The van der Waals surface area contributed by atoms with E-state index in [1.807, 2.05) is 23.9 Å². The summed E-state index contributed by atoms with van der Waals surface area (Å²) in [6, 6.07) is 7.58. The Morgan fingerprint density at radius 2 is 2.04 bits per heavy atom. The molecule has 3 atom stereocenters. The highest BCUT2D eigenvalue weighted by Gasteiger charge is 2.23. The lowest BCUT2D eigenvalue weighted by atomic mass is 9.96. The molecule has 0 amide bonds. The second kappa shape index (κ2) is 7.53. The lowest BCUT2D eigenvalue weighted by Gasteiger charge is -2.32. The number of hydrogen-bond acceptors (Lipinski definition) is 6. The first-order valence-corrected chi connectivity index (χ1v) is 11.1. The largest absolute Gasteiger partial charge is 0.303 e. The van der Waals surface area contributed by atoms with Crippen molar-refractivity contribution in [1.29, 1.82) is 0 Å². The highest BCUT2D eigenvalue weighted by molar-refractivity contribution is 8.00. The second-order valence-electron chi connectivity index (χ2n) is 6.27. The molecule has 0 bridgehead atoms. The average molecular weight is 356 g/mol. The van der Waals surface area contributed by atoms with Crippen LogP contribution in [0.5, 0.6) is 0 Å². The molecule has 1 aromatic rings. The third kappa shape index (κ3) is 4.70. The Hall–Kier alpha value is -0.600. The zero-order valence-electron chi connectivity index (χ0n) is 13.4. The van der Waals surface area contributed by atoms with Gasteiger partial charge >= 0.3 is 0 Å². The minimum atomic E-state index is -3.12. The molecule has 0 saturated carbocycles. The van der Waals surface area contributed by atoms with Gasteiger partial charge in [-0.15, -0.1) is 11.8 Å². The predicted octanol–water partition coefficient (Wildman–Crippen LogP) is 1.48. The average Bonchev–Trinajstić information content (AvgIpc) is 3.06. The van der Waals surface area contributed by atoms with E-state index in [0.717, 1.165) is 31.5 Å². The molecule has 3 N–H and O–H groups in total. The maximum Gasteiger partial charge on any atom is 0.175 e. The summed E-state index contributed by atoms with van der Waals surface area (Å²) in [6.45, 7) is 2.08. The molecule has 2 heterocycles. The maximum absolute atomic E-state index is 11.6. The lowest BCUT2D eigenvalue weighted by Crippen LogP contribution is -2.49. The molecular weight excluding hydrogens is 330 g/mol. The monoisotopic (exact) mass is 355 g/mol. The lowest BCUT2D eigenvalue weighted by molar-refractivity contribution is 0.283. The summed E-state index contributed by atoms with van der Waals surface area (Å²) < 4.78 is 23.1. The Balaban J connectivity index is 1.57. The van der Waals surface area contributed by atoms with Crippen molar-refractivity contribution in [2.45, 2.75) is 41.7 Å². The van der Waals surface area contributed by atoms with E-state index in [4.69, 9.17) is 0 Å². The summed E-state index contributed by atoms with van der Waals surface area (Å²) in [5, 5.41) is 11.3. The van der Waals surface area contributed by atoms with Crippen molar-refractivity contribution < 1.29 is 8.42 Å². The van der Waals surface area contributed by atoms with E-state index in [1.165, 1.54) is 18.4 Å². The van der Waals surface area contributed by atoms with Crippen LogP contribution < -0.4 is 16.0 Å². The highest BCUT2D eigenvalue weighted by Crippen LogP contribution is 2.26. The number of hydrogen-bond donors (Lipinski definition) is 3. The molecule has 0 aliphatic carbocycles. The number of sulfone groups is 1. The fourth-order valence-corrected chi connectivity index (χ4v) is 4.77. The van der Waals surface area contributed by atoms with Crippen LogP contribution >= 0.6 is 11.8 Å². The fourth-order valence-electron chi connectivity index (χ4n) is 3.17. The molecule has 2 fully saturated rings. The van der Waals surface area contributed by atoms with Gasteiger partial charge in [0.1, 0.15) is 0 Å². The Kier molecular flexibility index (Phi) is 5.64. The van der Waals surface area contributed by atoms with Crippen LogP contribution in [-0.2, 0) is 9.84 Å². The first-order chi connectivity index (χ1) is 11.0. The molecular formula is C16H25N3O2S2. The van der Waals surface area contributed by atoms with Crippen LogP contribution in [0.3, 0.4) is 0 Å². The summed E-state index contributed by atoms with van der Waals surface area (Å²) in [7, 11) is -3.12. The number of benzene rings is 1. The van der Waals surface area contributed by atoms with Gasteiger partial charge < -0.3 is 5.32 Å². The van der Waals surface area contributed by atoms with Crippen molar-refractivity contribution in [3.8, 4) is 0 Å². The molecule has 128 valence electrons. The zero-order chi connectivity index (χ0) is 16.3. The van der Waals surface area contributed by atoms with Crippen molar-refractivity contribution in [3.63, 3.8) is 0 Å². The van der Waals surface area contributed by atoms with Gasteiger partial charge in [-0.3, -0.25) is 10.6 Å². The Labute approximate surface area is 142 Å². The van der Waals surface area contributed by atoms with Crippen LogP contribution in [-0.4, -0.2) is 45.1 Å². The van der Waals surface area contributed by atoms with Crippen LogP contribution in [0.2, 0.25) is 0 Å². The summed E-state index contributed by atoms with van der Waals surface area (Å²) in [4.78, 5) is 0.385. The van der Waals surface area contributed by atoms with Crippen molar-refractivity contribution in [2.75, 3.05) is 25.1 Å². The third-order valence-electron chi connectivity index (χ3n) is 4.44. The molecule has 3 unspecified atom stereocenters. The van der Waals surface area contributed by atoms with Gasteiger partial charge in [0, 0.05) is 31.1 Å². The summed E-state index contributed by atoms with van der Waals surface area (Å²) >= 11 is 1.97. The summed E-state index contributed by atoms with van der Waals surface area (Å²) in [5.74, 6) is 1.19. The van der Waals surface area contributed by atoms with Crippen molar-refractivity contribution in [2.24, 2.45) is 0 Å². The highest BCUT2D eigenvalue weighted by atomic mass is 32.2. The van der Waals surface area contributed by atoms with Gasteiger partial charge in [-0.2, -0.15) is 0 Å². The molecule has 3 rings (SSSR count). The molecule has 0 aromatic heterocycles. The number of thioether (sulfide) groups is 1. The van der Waals surface area contributed by atoms with Gasteiger partial charge in [-0.05, 0) is 37.0 Å². The molecule has 0 spiro atoms. The number of rotatable bonds is 5. The van der Waals surface area contributed by atoms with Gasteiger partial charge in [-0.25, -0.2) is 8.42 Å². The summed E-state index contributed by atoms with van der Waals surface area (Å²) in [6.07, 6.45) is 4.97. The fraction of sp³-hybridized carbons (Fsp3) is 0.625. The van der Waals surface area contributed by atoms with Gasteiger partial charge in [-0.1, -0.05) is 12.1 Å². The smallest absolute Gasteiger partial charge is 0.175 e. The van der Waals surface area contributed by atoms with E-state index in [2.05, 4.69) is 16.0 Å². The Bertz CT molecular complexity index is 613. The van der Waals surface area contributed by atoms with E-state index >= 15 is 0 Å². The normalized spacial score (nSPS) is 28.8. The van der Waals surface area contributed by atoms with E-state index in [0.29, 0.717) is 22.5 Å². The van der Waals surface area contributed by atoms with Crippen LogP contribution in [0.4, 0.5) is 0 Å². The quantitative estimate of drug-likeness (QED) is 0.743. The van der Waals surface area contributed by atoms with Crippen molar-refractivity contribution in [3.05, 3.63) is 29.8 Å². The summed E-state index contributed by atoms with van der Waals surface area (Å²) in [5.41, 5.74) is 1.16. The molecule has 2 saturated heterocycles. The van der Waals surface area contributed by atoms with Gasteiger partial charge in [0.05, 0.1) is 16.4 Å². The molecule has 0 radical (unpaired) electrons. The van der Waals surface area contributed by atoms with E-state index < -0.39 is 9.84 Å². The SMILES string of the molecule is CS(=O)(=O)c1ccc(C2CCCC(NCC3NCCS3)N2)cc1. The van der Waals surface area contributed by atoms with Gasteiger partial charge in [0.25, 0.3) is 0 Å². The van der Waals surface area contributed by atoms with Crippen LogP contribution in [0.25, 0.3) is 0 Å². The van der Waals surface area contributed by atoms with Crippen molar-refractivity contribution >= 4 is 21.6 Å². The second-order valence-corrected chi connectivity index (χ2v) is 9.59. The third-order valence-corrected chi connectivity index (χ3v) is 6.75. The van der Waals surface area contributed by atoms with Crippen molar-refractivity contribution in [1.82, 2.24) is 16.0 Å². The van der Waals surface area contributed by atoms with Gasteiger partial charge in [0.15, 0.2) is 9.84 Å². The number of nitrogens with one attached hydrogen (secondary N) is 3. The molecule has 1 aromatic carbocycles. The van der Waals surface area contributed by atoms with Crippen LogP contribution in [0.15, 0.2) is 29.2 Å². The minimum Gasteiger partial charge on any atom is -0.303 e. The Morgan fingerprint density at radius 3 is 2.70 bits per heavy atom. The minimum absolute atomic E-state index is 0.291. The first kappa shape index (κ1) is 17.2. The molecule has 5 nitrogen and oxygen atoms in total. The molecule has 2 aliphatic rings. The van der Waals surface area contributed by atoms with Gasteiger partial charge in [0.2, 0.25) is 0 Å². The van der Waals surface area contributed by atoms with E-state index in [9.17, 15) is 8.42 Å². The van der Waals surface area contributed by atoms with Crippen LogP contribution in [0, 0.1) is 0 Å². The first-order valence-electron chi connectivity index (χ1n) is 8.17.